The molecule has 0 aromatic heterocycles. The highest BCUT2D eigenvalue weighted by molar-refractivity contribution is 6.22. The molecular weight excluding hydrogens is 358 g/mol. The van der Waals surface area contributed by atoms with Crippen LogP contribution in [0, 0.1) is 11.8 Å². The molecule has 2 fully saturated rings. The minimum Gasteiger partial charge on any atom is -0.497 e. The molecule has 2 aromatic rings. The van der Waals surface area contributed by atoms with E-state index in [1.807, 2.05) is 0 Å². The number of rotatable bonds is 4. The standard InChI is InChI=1S/C22H21NO5/c1-27-17-6-4-5-14(13-17)22(26)28-16-11-9-15(10-12-16)23-20(24)18-7-2-3-8-19(18)21(23)25/h4-6,9-13,18-19H,2-3,7-8H2,1H3/t18-,19-/m1/s1. The first-order chi connectivity index (χ1) is 13.6. The summed E-state index contributed by atoms with van der Waals surface area (Å²) in [6.07, 6.45) is 3.55. The van der Waals surface area contributed by atoms with Crippen LogP contribution in [0.3, 0.4) is 0 Å². The van der Waals surface area contributed by atoms with Crippen LogP contribution in [-0.2, 0) is 9.59 Å². The summed E-state index contributed by atoms with van der Waals surface area (Å²) in [5, 5.41) is 0. The molecule has 1 aliphatic carbocycles. The number of methoxy groups -OCH3 is 1. The van der Waals surface area contributed by atoms with Gasteiger partial charge in [-0.05, 0) is 55.3 Å². The van der Waals surface area contributed by atoms with E-state index in [0.29, 0.717) is 22.7 Å². The zero-order valence-corrected chi connectivity index (χ0v) is 15.6. The van der Waals surface area contributed by atoms with Crippen molar-refractivity contribution in [2.24, 2.45) is 11.8 Å². The Hall–Kier alpha value is -3.15. The van der Waals surface area contributed by atoms with E-state index in [2.05, 4.69) is 0 Å². The van der Waals surface area contributed by atoms with Crippen LogP contribution in [-0.4, -0.2) is 24.9 Å². The van der Waals surface area contributed by atoms with Crippen molar-refractivity contribution in [3.8, 4) is 11.5 Å². The van der Waals surface area contributed by atoms with Gasteiger partial charge >= 0.3 is 5.97 Å². The van der Waals surface area contributed by atoms with Gasteiger partial charge in [0.05, 0.1) is 30.2 Å². The fourth-order valence-electron chi connectivity index (χ4n) is 4.00. The highest BCUT2D eigenvalue weighted by Crippen LogP contribution is 2.40. The molecule has 1 aliphatic heterocycles. The van der Waals surface area contributed by atoms with Crippen LogP contribution in [0.1, 0.15) is 36.0 Å². The van der Waals surface area contributed by atoms with Crippen molar-refractivity contribution in [2.75, 3.05) is 12.0 Å². The van der Waals surface area contributed by atoms with Crippen molar-refractivity contribution >= 4 is 23.5 Å². The van der Waals surface area contributed by atoms with Crippen molar-refractivity contribution in [1.82, 2.24) is 0 Å². The summed E-state index contributed by atoms with van der Waals surface area (Å²) >= 11 is 0. The number of hydrogen-bond acceptors (Lipinski definition) is 5. The van der Waals surface area contributed by atoms with Crippen molar-refractivity contribution < 1.29 is 23.9 Å². The van der Waals surface area contributed by atoms with Crippen molar-refractivity contribution in [3.63, 3.8) is 0 Å². The normalized spacial score (nSPS) is 21.4. The number of carbonyl (C=O) groups is 3. The van der Waals surface area contributed by atoms with Crippen LogP contribution in [0.4, 0.5) is 5.69 Å². The van der Waals surface area contributed by atoms with Gasteiger partial charge in [-0.15, -0.1) is 0 Å². The molecule has 2 aromatic carbocycles. The summed E-state index contributed by atoms with van der Waals surface area (Å²) < 4.78 is 10.5. The molecule has 0 N–H and O–H groups in total. The third kappa shape index (κ3) is 3.26. The molecule has 0 bridgehead atoms. The van der Waals surface area contributed by atoms with E-state index in [9.17, 15) is 14.4 Å². The predicted octanol–water partition coefficient (Wildman–Crippen LogP) is 3.59. The van der Waals surface area contributed by atoms with Crippen LogP contribution in [0.2, 0.25) is 0 Å². The van der Waals surface area contributed by atoms with Gasteiger partial charge in [0.1, 0.15) is 11.5 Å². The maximum absolute atomic E-state index is 12.7. The van der Waals surface area contributed by atoms with Gasteiger partial charge in [-0.25, -0.2) is 4.79 Å². The molecule has 0 radical (unpaired) electrons. The Balaban J connectivity index is 1.49. The molecule has 6 nitrogen and oxygen atoms in total. The van der Waals surface area contributed by atoms with Gasteiger partial charge in [0.25, 0.3) is 0 Å². The lowest BCUT2D eigenvalue weighted by Crippen LogP contribution is -2.30. The molecule has 4 rings (SSSR count). The molecule has 2 aliphatic rings. The van der Waals surface area contributed by atoms with E-state index in [0.717, 1.165) is 25.7 Å². The molecular formula is C22H21NO5. The number of ether oxygens (including phenoxy) is 2. The lowest BCUT2D eigenvalue weighted by atomic mass is 9.81. The maximum Gasteiger partial charge on any atom is 0.343 e. The minimum atomic E-state index is -0.508. The van der Waals surface area contributed by atoms with E-state index < -0.39 is 5.97 Å². The number of amides is 2. The van der Waals surface area contributed by atoms with Crippen LogP contribution < -0.4 is 14.4 Å². The first kappa shape index (κ1) is 18.2. The lowest BCUT2D eigenvalue weighted by Gasteiger charge is -2.19. The second kappa shape index (κ2) is 7.46. The van der Waals surface area contributed by atoms with E-state index in [4.69, 9.17) is 9.47 Å². The number of nitrogens with zero attached hydrogens (tertiary/aromatic N) is 1. The van der Waals surface area contributed by atoms with Crippen molar-refractivity contribution in [1.29, 1.82) is 0 Å². The third-order valence-corrected chi connectivity index (χ3v) is 5.45. The lowest BCUT2D eigenvalue weighted by molar-refractivity contribution is -0.122. The number of esters is 1. The molecule has 2 amide bonds. The fourth-order valence-corrected chi connectivity index (χ4v) is 4.00. The number of benzene rings is 2. The molecule has 6 heteroatoms. The fraction of sp³-hybridized carbons (Fsp3) is 0.318. The summed E-state index contributed by atoms with van der Waals surface area (Å²) in [5.74, 6) is -0.207. The highest BCUT2D eigenvalue weighted by Gasteiger charge is 2.48. The zero-order valence-electron chi connectivity index (χ0n) is 15.6. The van der Waals surface area contributed by atoms with Crippen LogP contribution in [0.25, 0.3) is 0 Å². The number of carbonyl (C=O) groups excluding carboxylic acids is 3. The largest absolute Gasteiger partial charge is 0.497 e. The summed E-state index contributed by atoms with van der Waals surface area (Å²) in [6, 6.07) is 13.2. The monoisotopic (exact) mass is 379 g/mol. The van der Waals surface area contributed by atoms with Gasteiger partial charge in [0, 0.05) is 0 Å². The van der Waals surface area contributed by atoms with Gasteiger partial charge < -0.3 is 9.47 Å². The van der Waals surface area contributed by atoms with Crippen LogP contribution in [0.15, 0.2) is 48.5 Å². The van der Waals surface area contributed by atoms with Gasteiger partial charge in [0.2, 0.25) is 11.8 Å². The molecule has 1 heterocycles. The third-order valence-electron chi connectivity index (χ3n) is 5.45. The highest BCUT2D eigenvalue weighted by atomic mass is 16.5. The number of fused-ring (bicyclic) bond motifs is 1. The Bertz CT molecular complexity index is 897. The first-order valence-corrected chi connectivity index (χ1v) is 9.42. The quantitative estimate of drug-likeness (QED) is 0.461. The Morgan fingerprint density at radius 1 is 0.929 bits per heavy atom. The van der Waals surface area contributed by atoms with E-state index in [1.54, 1.807) is 48.5 Å². The second-order valence-electron chi connectivity index (χ2n) is 7.12. The van der Waals surface area contributed by atoms with E-state index >= 15 is 0 Å². The second-order valence-corrected chi connectivity index (χ2v) is 7.12. The van der Waals surface area contributed by atoms with Gasteiger partial charge in [-0.1, -0.05) is 18.9 Å². The van der Waals surface area contributed by atoms with E-state index in [-0.39, 0.29) is 23.7 Å². The number of imide groups is 1. The zero-order chi connectivity index (χ0) is 19.7. The molecule has 1 saturated carbocycles. The number of anilines is 1. The van der Waals surface area contributed by atoms with Crippen molar-refractivity contribution in [3.05, 3.63) is 54.1 Å². The van der Waals surface area contributed by atoms with Gasteiger partial charge in [-0.2, -0.15) is 0 Å². The molecule has 2 atom stereocenters. The average molecular weight is 379 g/mol. The number of hydrogen-bond donors (Lipinski definition) is 0. The van der Waals surface area contributed by atoms with Gasteiger partial charge in [-0.3, -0.25) is 14.5 Å². The first-order valence-electron chi connectivity index (χ1n) is 9.42. The predicted molar refractivity (Wildman–Crippen MR) is 102 cm³/mol. The van der Waals surface area contributed by atoms with Crippen LogP contribution in [0.5, 0.6) is 11.5 Å². The summed E-state index contributed by atoms with van der Waals surface area (Å²) in [6.45, 7) is 0. The maximum atomic E-state index is 12.7. The summed E-state index contributed by atoms with van der Waals surface area (Å²) in [5.41, 5.74) is 0.892. The Morgan fingerprint density at radius 2 is 1.57 bits per heavy atom. The topological polar surface area (TPSA) is 72.9 Å². The Morgan fingerprint density at radius 3 is 2.18 bits per heavy atom. The van der Waals surface area contributed by atoms with Gasteiger partial charge in [0.15, 0.2) is 0 Å². The Labute approximate surface area is 163 Å². The summed E-state index contributed by atoms with van der Waals surface area (Å²) in [4.78, 5) is 38.9. The van der Waals surface area contributed by atoms with Crippen molar-refractivity contribution in [2.45, 2.75) is 25.7 Å². The SMILES string of the molecule is COc1cccc(C(=O)Oc2ccc(N3C(=O)[C@@H]4CCCC[C@H]4C3=O)cc2)c1. The van der Waals surface area contributed by atoms with E-state index in [1.165, 1.54) is 12.0 Å². The molecule has 0 unspecified atom stereocenters. The molecule has 0 spiro atoms. The minimum absolute atomic E-state index is 0.115. The smallest absolute Gasteiger partial charge is 0.343 e. The Kier molecular flexibility index (Phi) is 4.86. The summed E-state index contributed by atoms with van der Waals surface area (Å²) in [7, 11) is 1.53. The average Bonchev–Trinajstić information content (AvgIpc) is 2.99. The molecule has 1 saturated heterocycles. The molecule has 28 heavy (non-hydrogen) atoms. The molecule has 144 valence electrons. The van der Waals surface area contributed by atoms with Crippen LogP contribution >= 0.6 is 0 Å².